The van der Waals surface area contributed by atoms with E-state index in [1.807, 2.05) is 103 Å². The van der Waals surface area contributed by atoms with Crippen molar-refractivity contribution >= 4 is 54.1 Å². The van der Waals surface area contributed by atoms with Crippen LogP contribution >= 0.6 is 0 Å². The molecule has 10 rings (SSSR count). The monoisotopic (exact) mass is 635 g/mol. The van der Waals surface area contributed by atoms with Gasteiger partial charge in [-0.3, -0.25) is 0 Å². The van der Waals surface area contributed by atoms with Gasteiger partial charge in [0.2, 0.25) is 0 Å². The molecule has 10 aromatic rings. The molecule has 0 aliphatic heterocycles. The van der Waals surface area contributed by atoms with Gasteiger partial charge in [-0.25, -0.2) is 0 Å². The smallest absolute Gasteiger partial charge is 0.143 e. The van der Waals surface area contributed by atoms with Crippen molar-refractivity contribution in [2.75, 3.05) is 0 Å². The molecule has 0 atom stereocenters. The normalized spacial score (nSPS) is 15.4. The van der Waals surface area contributed by atoms with Gasteiger partial charge >= 0.3 is 0 Å². The summed E-state index contributed by atoms with van der Waals surface area (Å²) in [5.74, 6) is 0.248. The van der Waals surface area contributed by atoms with Gasteiger partial charge in [0.15, 0.2) is 0 Å². The second kappa shape index (κ2) is 11.1. The molecule has 1 aromatic heterocycles. The first kappa shape index (κ1) is 17.6. The summed E-state index contributed by atoms with van der Waals surface area (Å²) in [4.78, 5) is 0. The summed E-state index contributed by atoms with van der Waals surface area (Å²) in [6.45, 7) is 0. The van der Waals surface area contributed by atoms with Gasteiger partial charge in [0, 0.05) is 22.1 Å². The maximum atomic E-state index is 9.57. The molecule has 228 valence electrons. The average Bonchev–Trinajstić information content (AvgIpc) is 3.68. The lowest BCUT2D eigenvalue weighted by molar-refractivity contribution is 0.633. The predicted octanol–water partition coefficient (Wildman–Crippen LogP) is 13.7. The summed E-state index contributed by atoms with van der Waals surface area (Å²) < 4.78 is 124. The number of hydrogen-bond acceptors (Lipinski definition) is 1. The number of rotatable bonds is 4. The van der Waals surface area contributed by atoms with Gasteiger partial charge in [-0.15, -0.1) is 0 Å². The van der Waals surface area contributed by atoms with E-state index in [-0.39, 0.29) is 44.0 Å². The Hall–Kier alpha value is -6.44. The minimum absolute atomic E-state index is 0.00402. The Balaban J connectivity index is 1.48. The fourth-order valence-electron chi connectivity index (χ4n) is 7.00. The van der Waals surface area contributed by atoms with Crippen molar-refractivity contribution in [3.8, 4) is 44.7 Å². The fourth-order valence-corrected chi connectivity index (χ4v) is 7.00. The lowest BCUT2D eigenvalue weighted by Crippen LogP contribution is -1.91. The zero-order valence-corrected chi connectivity index (χ0v) is 25.7. The summed E-state index contributed by atoms with van der Waals surface area (Å²) >= 11 is 0. The first-order valence-electron chi connectivity index (χ1n) is 22.3. The molecule has 49 heavy (non-hydrogen) atoms. The molecule has 0 fully saturated rings. The van der Waals surface area contributed by atoms with Crippen molar-refractivity contribution in [1.29, 1.82) is 0 Å². The molecule has 0 saturated heterocycles. The van der Waals surface area contributed by atoms with Crippen molar-refractivity contribution in [1.82, 2.24) is 0 Å². The zero-order valence-electron chi connectivity index (χ0n) is 38.7. The molecule has 1 nitrogen and oxygen atoms in total. The Morgan fingerprint density at radius 3 is 1.67 bits per heavy atom. The van der Waals surface area contributed by atoms with Crippen LogP contribution in [0, 0.1) is 0 Å². The van der Waals surface area contributed by atoms with Gasteiger partial charge in [0.25, 0.3) is 0 Å². The number of benzene rings is 9. The third kappa shape index (κ3) is 4.40. The molecule has 0 radical (unpaired) electrons. The van der Waals surface area contributed by atoms with Crippen molar-refractivity contribution in [2.45, 2.75) is 0 Å². The quantitative estimate of drug-likeness (QED) is 0.139. The molecule has 0 N–H and O–H groups in total. The van der Waals surface area contributed by atoms with Crippen molar-refractivity contribution in [3.63, 3.8) is 0 Å². The molecule has 0 spiro atoms. The van der Waals surface area contributed by atoms with Crippen molar-refractivity contribution in [3.05, 3.63) is 182 Å². The average molecular weight is 636 g/mol. The highest BCUT2D eigenvalue weighted by Gasteiger charge is 2.24. The van der Waals surface area contributed by atoms with E-state index in [0.717, 1.165) is 32.7 Å². The van der Waals surface area contributed by atoms with E-state index < -0.39 is 84.1 Å². The number of fused-ring (bicyclic) bond motifs is 6. The molecular formula is C48H30O. The molecule has 9 aromatic carbocycles. The zero-order chi connectivity index (χ0) is 43.6. The van der Waals surface area contributed by atoms with Crippen LogP contribution in [0.1, 0.15) is 17.8 Å². The molecule has 0 saturated carbocycles. The molecule has 0 aliphatic carbocycles. The molecule has 1 heterocycles. The largest absolute Gasteiger partial charge is 0.455 e. The van der Waals surface area contributed by atoms with Gasteiger partial charge in [-0.05, 0) is 83.5 Å². The van der Waals surface area contributed by atoms with Gasteiger partial charge in [-0.2, -0.15) is 0 Å². The van der Waals surface area contributed by atoms with Crippen LogP contribution in [-0.2, 0) is 0 Å². The predicted molar refractivity (Wildman–Crippen MR) is 208 cm³/mol. The molecule has 1 heteroatoms. The Labute approximate surface area is 302 Å². The minimum atomic E-state index is -0.728. The highest BCUT2D eigenvalue weighted by molar-refractivity contribution is 6.25. The maximum Gasteiger partial charge on any atom is 0.143 e. The maximum absolute atomic E-state index is 9.57. The lowest BCUT2D eigenvalue weighted by atomic mass is 9.84. The van der Waals surface area contributed by atoms with Crippen molar-refractivity contribution < 1.29 is 22.2 Å². The van der Waals surface area contributed by atoms with Crippen LogP contribution in [-0.4, -0.2) is 0 Å². The molecule has 0 amide bonds. The number of furan rings is 1. The first-order valence-corrected chi connectivity index (χ1v) is 15.8. The minimum Gasteiger partial charge on any atom is -0.455 e. The van der Waals surface area contributed by atoms with E-state index >= 15 is 0 Å². The van der Waals surface area contributed by atoms with Gasteiger partial charge in [0.05, 0.1) is 17.8 Å². The summed E-state index contributed by atoms with van der Waals surface area (Å²) in [5.41, 5.74) is 2.12. The van der Waals surface area contributed by atoms with Gasteiger partial charge < -0.3 is 4.42 Å². The van der Waals surface area contributed by atoms with E-state index in [1.54, 1.807) is 0 Å². The van der Waals surface area contributed by atoms with E-state index in [1.165, 1.54) is 0 Å². The third-order valence-electron chi connectivity index (χ3n) is 9.18. The van der Waals surface area contributed by atoms with E-state index in [2.05, 4.69) is 0 Å². The van der Waals surface area contributed by atoms with Crippen LogP contribution in [0.25, 0.3) is 98.8 Å². The van der Waals surface area contributed by atoms with Crippen LogP contribution in [0.2, 0.25) is 0 Å². The SMILES string of the molecule is [2H]c1c([2H])c([2H])c(-c2c3c([2H])c([2H])c([2H])c([2H])c3c(-c3c(-c4ccc5ccc6ccccc6c5c4)oc4cc(-c5ccccc5)ccc34)c3c([2H])c([2H])c([2H])c([2H])c23)c([2H])c1[2H]. The summed E-state index contributed by atoms with van der Waals surface area (Å²) in [6.07, 6.45) is 0. The van der Waals surface area contributed by atoms with Crippen LogP contribution < -0.4 is 0 Å². The summed E-state index contributed by atoms with van der Waals surface area (Å²) in [7, 11) is 0. The first-order chi connectivity index (χ1) is 29.7. The Morgan fingerprint density at radius 2 is 0.939 bits per heavy atom. The molecule has 0 bridgehead atoms. The van der Waals surface area contributed by atoms with Gasteiger partial charge in [-0.1, -0.05) is 163 Å². The van der Waals surface area contributed by atoms with E-state index in [0.29, 0.717) is 16.5 Å². The highest BCUT2D eigenvalue weighted by atomic mass is 16.3. The van der Waals surface area contributed by atoms with E-state index in [9.17, 15) is 5.48 Å². The third-order valence-corrected chi connectivity index (χ3v) is 9.18. The standard InChI is InChI=1S/C48H30O/c1-3-13-31(14-4-1)35-27-28-42-44(30-35)49-48(36-26-25-33-24-23-32-15-7-8-18-37(32)43(33)29-36)47(42)46-40-21-11-9-19-38(40)45(34-16-5-2-6-17-34)39-20-10-12-22-41(39)46/h1-30H/i2D,5D,6D,9D,10D,11D,12D,16D,17D,19D,20D,21D,22D. The topological polar surface area (TPSA) is 13.1 Å². The second-order valence-electron chi connectivity index (χ2n) is 11.9. The van der Waals surface area contributed by atoms with Gasteiger partial charge in [0.1, 0.15) is 11.3 Å². The fraction of sp³-hybridized carbons (Fsp3) is 0. The van der Waals surface area contributed by atoms with Crippen LogP contribution in [0.5, 0.6) is 0 Å². The number of hydrogen-bond donors (Lipinski definition) is 0. The molecule has 0 aliphatic rings. The van der Waals surface area contributed by atoms with Crippen LogP contribution in [0.3, 0.4) is 0 Å². The van der Waals surface area contributed by atoms with E-state index in [4.69, 9.17) is 16.8 Å². The Kier molecular flexibility index (Phi) is 3.99. The summed E-state index contributed by atoms with van der Waals surface area (Å²) in [6, 6.07) is 24.3. The Morgan fingerprint density at radius 1 is 0.347 bits per heavy atom. The highest BCUT2D eigenvalue weighted by Crippen LogP contribution is 2.50. The Bertz CT molecular complexity index is 3510. The summed E-state index contributed by atoms with van der Waals surface area (Å²) in [5, 5.41) is 3.34. The van der Waals surface area contributed by atoms with Crippen molar-refractivity contribution in [2.24, 2.45) is 0 Å². The molecule has 0 unspecified atom stereocenters. The molecular weight excluding hydrogens is 593 g/mol. The second-order valence-corrected chi connectivity index (χ2v) is 11.9. The van der Waals surface area contributed by atoms with Crippen LogP contribution in [0.15, 0.2) is 186 Å². The van der Waals surface area contributed by atoms with Crippen LogP contribution in [0.4, 0.5) is 0 Å². The lowest BCUT2D eigenvalue weighted by Gasteiger charge is -2.18.